The minimum atomic E-state index is -0.195. The number of aromatic nitrogens is 4. The highest BCUT2D eigenvalue weighted by molar-refractivity contribution is 7.07. The van der Waals surface area contributed by atoms with Crippen molar-refractivity contribution in [2.45, 2.75) is 13.2 Å². The zero-order chi connectivity index (χ0) is 20.8. The SMILES string of the molecule is COc1cc(C(=O)NCc2ccc(-n3cncn3)cc2)ccc1OCc1cscn1. The van der Waals surface area contributed by atoms with E-state index in [2.05, 4.69) is 20.4 Å². The molecule has 0 radical (unpaired) electrons. The number of carbonyl (C=O) groups excluding carboxylic acids is 1. The van der Waals surface area contributed by atoms with Crippen molar-refractivity contribution in [3.8, 4) is 17.2 Å². The number of nitrogens with zero attached hydrogens (tertiary/aromatic N) is 4. The van der Waals surface area contributed by atoms with E-state index in [-0.39, 0.29) is 5.91 Å². The Kier molecular flexibility index (Phi) is 6.00. The zero-order valence-electron chi connectivity index (χ0n) is 16.2. The lowest BCUT2D eigenvalue weighted by molar-refractivity contribution is 0.0950. The second-order valence-corrected chi connectivity index (χ2v) is 7.04. The average molecular weight is 421 g/mol. The van der Waals surface area contributed by atoms with Gasteiger partial charge in [-0.1, -0.05) is 12.1 Å². The molecule has 30 heavy (non-hydrogen) atoms. The molecule has 0 saturated heterocycles. The molecule has 2 aromatic carbocycles. The third kappa shape index (κ3) is 4.64. The van der Waals surface area contributed by atoms with E-state index in [0.717, 1.165) is 16.9 Å². The summed E-state index contributed by atoms with van der Waals surface area (Å²) in [6, 6.07) is 12.8. The Hall–Kier alpha value is -3.72. The van der Waals surface area contributed by atoms with Crippen LogP contribution >= 0.6 is 11.3 Å². The Balaban J connectivity index is 1.37. The standard InChI is InChI=1S/C21H19N5O3S/c1-28-20-8-16(4-7-19(20)29-10-17-11-30-14-24-17)21(27)23-9-15-2-5-18(6-3-15)26-13-22-12-25-26/h2-8,11-14H,9-10H2,1H3,(H,23,27). The van der Waals surface area contributed by atoms with Crippen molar-refractivity contribution in [2.75, 3.05) is 7.11 Å². The van der Waals surface area contributed by atoms with Gasteiger partial charge in [-0.05, 0) is 35.9 Å². The van der Waals surface area contributed by atoms with Crippen molar-refractivity contribution in [2.24, 2.45) is 0 Å². The first-order valence-electron chi connectivity index (χ1n) is 9.13. The van der Waals surface area contributed by atoms with Gasteiger partial charge in [-0.15, -0.1) is 11.3 Å². The molecule has 2 aromatic heterocycles. The molecule has 0 aliphatic heterocycles. The normalized spacial score (nSPS) is 10.6. The van der Waals surface area contributed by atoms with E-state index in [1.807, 2.05) is 29.6 Å². The van der Waals surface area contributed by atoms with Gasteiger partial charge in [0.05, 0.1) is 24.0 Å². The molecule has 0 saturated carbocycles. The fraction of sp³-hybridized carbons (Fsp3) is 0.143. The van der Waals surface area contributed by atoms with Crippen molar-refractivity contribution in [3.63, 3.8) is 0 Å². The first-order chi connectivity index (χ1) is 14.7. The number of methoxy groups -OCH3 is 1. The molecule has 9 heteroatoms. The molecule has 0 aliphatic carbocycles. The van der Waals surface area contributed by atoms with E-state index in [9.17, 15) is 4.79 Å². The molecule has 0 bridgehead atoms. The number of benzene rings is 2. The topological polar surface area (TPSA) is 91.2 Å². The van der Waals surface area contributed by atoms with Crippen LogP contribution in [0.5, 0.6) is 11.5 Å². The molecule has 4 rings (SSSR count). The van der Waals surface area contributed by atoms with Crippen molar-refractivity contribution in [1.29, 1.82) is 0 Å². The fourth-order valence-electron chi connectivity index (χ4n) is 2.78. The molecule has 0 spiro atoms. The summed E-state index contributed by atoms with van der Waals surface area (Å²) in [6.45, 7) is 0.747. The molecule has 0 fully saturated rings. The lowest BCUT2D eigenvalue weighted by Crippen LogP contribution is -2.22. The number of hydrogen-bond donors (Lipinski definition) is 1. The van der Waals surface area contributed by atoms with Gasteiger partial charge in [-0.25, -0.2) is 14.6 Å². The van der Waals surface area contributed by atoms with Crippen LogP contribution in [0.25, 0.3) is 5.69 Å². The summed E-state index contributed by atoms with van der Waals surface area (Å²) in [5.74, 6) is 0.862. The second-order valence-electron chi connectivity index (χ2n) is 6.32. The van der Waals surface area contributed by atoms with Gasteiger partial charge in [0.2, 0.25) is 0 Å². The molecule has 2 heterocycles. The molecule has 0 aliphatic rings. The quantitative estimate of drug-likeness (QED) is 0.470. The first kappa shape index (κ1) is 19.6. The summed E-state index contributed by atoms with van der Waals surface area (Å²) in [6.07, 6.45) is 3.12. The van der Waals surface area contributed by atoms with E-state index in [4.69, 9.17) is 9.47 Å². The summed E-state index contributed by atoms with van der Waals surface area (Å²) in [4.78, 5) is 20.7. The van der Waals surface area contributed by atoms with Crippen LogP contribution in [0.3, 0.4) is 0 Å². The first-order valence-corrected chi connectivity index (χ1v) is 10.1. The minimum absolute atomic E-state index is 0.195. The summed E-state index contributed by atoms with van der Waals surface area (Å²) in [5.41, 5.74) is 4.97. The molecule has 0 atom stereocenters. The van der Waals surface area contributed by atoms with Gasteiger partial charge in [-0.3, -0.25) is 4.79 Å². The third-order valence-electron chi connectivity index (χ3n) is 4.36. The Morgan fingerprint density at radius 1 is 1.17 bits per heavy atom. The van der Waals surface area contributed by atoms with E-state index in [1.165, 1.54) is 17.7 Å². The highest BCUT2D eigenvalue weighted by Gasteiger charge is 2.12. The molecule has 152 valence electrons. The maximum Gasteiger partial charge on any atom is 0.251 e. The fourth-order valence-corrected chi connectivity index (χ4v) is 3.32. The van der Waals surface area contributed by atoms with Gasteiger partial charge >= 0.3 is 0 Å². The van der Waals surface area contributed by atoms with Crippen molar-refractivity contribution in [3.05, 3.63) is 82.8 Å². The highest BCUT2D eigenvalue weighted by atomic mass is 32.1. The van der Waals surface area contributed by atoms with Crippen LogP contribution < -0.4 is 14.8 Å². The average Bonchev–Trinajstić information content (AvgIpc) is 3.51. The van der Waals surface area contributed by atoms with Crippen LogP contribution in [0.1, 0.15) is 21.6 Å². The van der Waals surface area contributed by atoms with E-state index in [1.54, 1.807) is 41.8 Å². The Morgan fingerprint density at radius 3 is 2.73 bits per heavy atom. The molecule has 4 aromatic rings. The van der Waals surface area contributed by atoms with E-state index in [0.29, 0.717) is 30.2 Å². The molecular formula is C21H19N5O3S. The van der Waals surface area contributed by atoms with Gasteiger partial charge in [0, 0.05) is 17.5 Å². The Bertz CT molecular complexity index is 1100. The molecule has 8 nitrogen and oxygen atoms in total. The van der Waals surface area contributed by atoms with Crippen molar-refractivity contribution >= 4 is 17.2 Å². The van der Waals surface area contributed by atoms with Gasteiger partial charge in [-0.2, -0.15) is 5.10 Å². The van der Waals surface area contributed by atoms with Gasteiger partial charge in [0.1, 0.15) is 19.3 Å². The minimum Gasteiger partial charge on any atom is -0.493 e. The van der Waals surface area contributed by atoms with E-state index < -0.39 is 0 Å². The smallest absolute Gasteiger partial charge is 0.251 e. The van der Waals surface area contributed by atoms with Crippen LogP contribution in [0.15, 0.2) is 66.0 Å². The van der Waals surface area contributed by atoms with E-state index >= 15 is 0 Å². The van der Waals surface area contributed by atoms with Crippen molar-refractivity contribution < 1.29 is 14.3 Å². The van der Waals surface area contributed by atoms with Crippen LogP contribution in [0.2, 0.25) is 0 Å². The van der Waals surface area contributed by atoms with Crippen LogP contribution in [-0.2, 0) is 13.2 Å². The number of amides is 1. The number of hydrogen-bond acceptors (Lipinski definition) is 7. The lowest BCUT2D eigenvalue weighted by Gasteiger charge is -2.12. The number of ether oxygens (including phenoxy) is 2. The van der Waals surface area contributed by atoms with Crippen LogP contribution in [0.4, 0.5) is 0 Å². The van der Waals surface area contributed by atoms with Crippen LogP contribution in [0, 0.1) is 0 Å². The second kappa shape index (κ2) is 9.19. The predicted octanol–water partition coefficient (Wildman–Crippen LogP) is 3.24. The summed E-state index contributed by atoms with van der Waals surface area (Å²) in [5, 5.41) is 8.93. The highest BCUT2D eigenvalue weighted by Crippen LogP contribution is 2.29. The summed E-state index contributed by atoms with van der Waals surface area (Å²) < 4.78 is 12.8. The van der Waals surface area contributed by atoms with Gasteiger partial charge < -0.3 is 14.8 Å². The maximum absolute atomic E-state index is 12.6. The number of thiazole rings is 1. The summed E-state index contributed by atoms with van der Waals surface area (Å²) in [7, 11) is 1.55. The van der Waals surface area contributed by atoms with Gasteiger partial charge in [0.15, 0.2) is 11.5 Å². The third-order valence-corrected chi connectivity index (χ3v) is 4.99. The monoisotopic (exact) mass is 421 g/mol. The predicted molar refractivity (Wildman–Crippen MR) is 112 cm³/mol. The molecule has 1 N–H and O–H groups in total. The molecular weight excluding hydrogens is 402 g/mol. The number of carbonyl (C=O) groups is 1. The lowest BCUT2D eigenvalue weighted by atomic mass is 10.1. The molecule has 0 unspecified atom stereocenters. The largest absolute Gasteiger partial charge is 0.493 e. The Labute approximate surface area is 177 Å². The zero-order valence-corrected chi connectivity index (χ0v) is 17.0. The van der Waals surface area contributed by atoms with Crippen molar-refractivity contribution in [1.82, 2.24) is 25.1 Å². The number of rotatable bonds is 8. The maximum atomic E-state index is 12.6. The summed E-state index contributed by atoms with van der Waals surface area (Å²) >= 11 is 1.51. The number of nitrogens with one attached hydrogen (secondary N) is 1. The van der Waals surface area contributed by atoms with Gasteiger partial charge in [0.25, 0.3) is 5.91 Å². The molecule has 1 amide bonds. The van der Waals surface area contributed by atoms with Crippen LogP contribution in [-0.4, -0.2) is 32.8 Å². The Morgan fingerprint density at radius 2 is 2.03 bits per heavy atom.